The number of benzene rings is 1. The molecule has 7 heteroatoms. The van der Waals surface area contributed by atoms with E-state index in [4.69, 9.17) is 21.1 Å². The fourth-order valence-electron chi connectivity index (χ4n) is 2.79. The summed E-state index contributed by atoms with van der Waals surface area (Å²) in [6.07, 6.45) is 2.49. The van der Waals surface area contributed by atoms with E-state index in [9.17, 15) is 13.6 Å². The van der Waals surface area contributed by atoms with E-state index in [1.54, 1.807) is 0 Å². The van der Waals surface area contributed by atoms with Crippen LogP contribution in [0.5, 0.6) is 11.5 Å². The molecule has 0 N–H and O–H groups in total. The lowest BCUT2D eigenvalue weighted by molar-refractivity contribution is -0.0525. The lowest BCUT2D eigenvalue weighted by atomic mass is 9.98. The van der Waals surface area contributed by atoms with Crippen LogP contribution in [0.15, 0.2) is 18.2 Å². The fourth-order valence-corrected chi connectivity index (χ4v) is 2.91. The first-order valence-electron chi connectivity index (χ1n) is 6.63. The molecule has 0 amide bonds. The van der Waals surface area contributed by atoms with Gasteiger partial charge in [0.2, 0.25) is 0 Å². The molecule has 3 atom stereocenters. The first kappa shape index (κ1) is 14.5. The first-order valence-corrected chi connectivity index (χ1v) is 7.01. The van der Waals surface area contributed by atoms with Crippen molar-refractivity contribution in [2.75, 3.05) is 0 Å². The highest BCUT2D eigenvalue weighted by atomic mass is 35.5. The Labute approximate surface area is 124 Å². The Morgan fingerprint density at radius 1 is 1.33 bits per heavy atom. The number of hydrogen-bond donors (Lipinski definition) is 0. The van der Waals surface area contributed by atoms with E-state index in [0.717, 1.165) is 12.8 Å². The van der Waals surface area contributed by atoms with Gasteiger partial charge in [0.1, 0.15) is 6.10 Å². The molecule has 0 aromatic heterocycles. The second-order valence-electron chi connectivity index (χ2n) is 5.08. The van der Waals surface area contributed by atoms with Crippen LogP contribution in [-0.2, 0) is 4.74 Å². The molecule has 3 unspecified atom stereocenters. The minimum absolute atomic E-state index is 0.0373. The van der Waals surface area contributed by atoms with Crippen LogP contribution in [0.25, 0.3) is 0 Å². The van der Waals surface area contributed by atoms with Crippen molar-refractivity contribution in [2.45, 2.75) is 44.2 Å². The van der Waals surface area contributed by atoms with Crippen LogP contribution in [0.4, 0.5) is 8.78 Å². The maximum Gasteiger partial charge on any atom is 0.387 e. The Morgan fingerprint density at radius 2 is 2.14 bits per heavy atom. The highest BCUT2D eigenvalue weighted by Crippen LogP contribution is 2.39. The number of hydrogen-bond acceptors (Lipinski definition) is 4. The van der Waals surface area contributed by atoms with Gasteiger partial charge in [-0.1, -0.05) is 0 Å². The van der Waals surface area contributed by atoms with Gasteiger partial charge in [0, 0.05) is 12.0 Å². The predicted molar refractivity (Wildman–Crippen MR) is 70.2 cm³/mol. The third-order valence-electron chi connectivity index (χ3n) is 3.72. The molecule has 2 bridgehead atoms. The molecule has 0 radical (unpaired) electrons. The zero-order valence-electron chi connectivity index (χ0n) is 10.9. The molecule has 0 saturated carbocycles. The Morgan fingerprint density at radius 3 is 2.71 bits per heavy atom. The van der Waals surface area contributed by atoms with E-state index in [1.165, 1.54) is 18.2 Å². The summed E-state index contributed by atoms with van der Waals surface area (Å²) < 4.78 is 40.7. The second-order valence-corrected chi connectivity index (χ2v) is 5.42. The van der Waals surface area contributed by atoms with Gasteiger partial charge in [-0.2, -0.15) is 8.78 Å². The first-order chi connectivity index (χ1) is 10.0. The van der Waals surface area contributed by atoms with E-state index in [1.807, 2.05) is 0 Å². The summed E-state index contributed by atoms with van der Waals surface area (Å²) in [5.74, 6) is -0.0302. The summed E-state index contributed by atoms with van der Waals surface area (Å²) in [6, 6.07) is 3.89. The molecular weight excluding hydrogens is 306 g/mol. The van der Waals surface area contributed by atoms with Crippen molar-refractivity contribution in [2.24, 2.45) is 0 Å². The maximum absolute atomic E-state index is 12.4. The molecule has 2 aliphatic rings. The van der Waals surface area contributed by atoms with Crippen molar-refractivity contribution in [1.29, 1.82) is 0 Å². The molecule has 3 rings (SSSR count). The molecule has 2 fully saturated rings. The summed E-state index contributed by atoms with van der Waals surface area (Å²) in [5.41, 5.74) is 0.164. The summed E-state index contributed by atoms with van der Waals surface area (Å²) in [7, 11) is 0. The number of ether oxygens (including phenoxy) is 3. The summed E-state index contributed by atoms with van der Waals surface area (Å²) in [4.78, 5) is 11.2. The third kappa shape index (κ3) is 3.11. The van der Waals surface area contributed by atoms with Crippen LogP contribution in [0, 0.1) is 0 Å². The average molecular weight is 319 g/mol. The molecule has 0 aliphatic carbocycles. The summed E-state index contributed by atoms with van der Waals surface area (Å²) in [6.45, 7) is -2.97. The maximum atomic E-state index is 12.4. The van der Waals surface area contributed by atoms with Crippen molar-refractivity contribution in [3.8, 4) is 11.5 Å². The van der Waals surface area contributed by atoms with Crippen molar-refractivity contribution < 1.29 is 27.8 Å². The molecule has 2 saturated heterocycles. The van der Waals surface area contributed by atoms with Gasteiger partial charge < -0.3 is 14.2 Å². The minimum atomic E-state index is -2.97. The Kier molecular flexibility index (Phi) is 3.99. The van der Waals surface area contributed by atoms with Gasteiger partial charge in [0.25, 0.3) is 5.24 Å². The van der Waals surface area contributed by atoms with Crippen LogP contribution in [-0.4, -0.2) is 30.2 Å². The van der Waals surface area contributed by atoms with E-state index in [-0.39, 0.29) is 35.4 Å². The molecule has 1 aromatic carbocycles. The number of carbonyl (C=O) groups excluding carboxylic acids is 1. The topological polar surface area (TPSA) is 44.8 Å². The molecular formula is C14H13ClF2O4. The predicted octanol–water partition coefficient (Wildman–Crippen LogP) is 3.37. The van der Waals surface area contributed by atoms with Gasteiger partial charge in [-0.25, -0.2) is 0 Å². The molecule has 114 valence electrons. The van der Waals surface area contributed by atoms with E-state index in [0.29, 0.717) is 6.42 Å². The number of halogens is 3. The summed E-state index contributed by atoms with van der Waals surface area (Å²) >= 11 is 5.40. The van der Waals surface area contributed by atoms with Crippen LogP contribution in [0.2, 0.25) is 0 Å². The Hall–Kier alpha value is -1.40. The molecule has 2 heterocycles. The number of rotatable bonds is 5. The van der Waals surface area contributed by atoms with Crippen molar-refractivity contribution in [3.63, 3.8) is 0 Å². The van der Waals surface area contributed by atoms with Crippen molar-refractivity contribution in [3.05, 3.63) is 23.8 Å². The highest BCUT2D eigenvalue weighted by molar-refractivity contribution is 6.67. The molecule has 1 aromatic rings. The summed E-state index contributed by atoms with van der Waals surface area (Å²) in [5, 5.41) is -0.687. The van der Waals surface area contributed by atoms with E-state index < -0.39 is 11.9 Å². The highest BCUT2D eigenvalue weighted by Gasteiger charge is 2.42. The monoisotopic (exact) mass is 318 g/mol. The van der Waals surface area contributed by atoms with Crippen LogP contribution < -0.4 is 9.47 Å². The van der Waals surface area contributed by atoms with Crippen LogP contribution in [0.3, 0.4) is 0 Å². The van der Waals surface area contributed by atoms with Crippen LogP contribution in [0.1, 0.15) is 29.6 Å². The second kappa shape index (κ2) is 5.77. The Balaban J connectivity index is 1.83. The van der Waals surface area contributed by atoms with Gasteiger partial charge >= 0.3 is 6.61 Å². The van der Waals surface area contributed by atoms with Crippen LogP contribution >= 0.6 is 11.6 Å². The molecule has 0 spiro atoms. The lowest BCUT2D eigenvalue weighted by Gasteiger charge is -2.22. The third-order valence-corrected chi connectivity index (χ3v) is 3.93. The smallest absolute Gasteiger partial charge is 0.387 e. The SMILES string of the molecule is O=C(Cl)c1ccc(OC(F)F)c(OC2CC3CCC2O3)c1. The number of carbonyl (C=O) groups is 1. The molecule has 4 nitrogen and oxygen atoms in total. The largest absolute Gasteiger partial charge is 0.484 e. The number of fused-ring (bicyclic) bond motifs is 2. The minimum Gasteiger partial charge on any atom is -0.484 e. The van der Waals surface area contributed by atoms with Gasteiger partial charge in [0.15, 0.2) is 11.5 Å². The zero-order valence-corrected chi connectivity index (χ0v) is 11.7. The van der Waals surface area contributed by atoms with Crippen molar-refractivity contribution >= 4 is 16.8 Å². The van der Waals surface area contributed by atoms with Gasteiger partial charge in [-0.3, -0.25) is 4.79 Å². The molecule has 21 heavy (non-hydrogen) atoms. The normalized spacial score (nSPS) is 27.1. The number of alkyl halides is 2. The molecule has 2 aliphatic heterocycles. The van der Waals surface area contributed by atoms with Gasteiger partial charge in [0.05, 0.1) is 12.2 Å². The van der Waals surface area contributed by atoms with E-state index >= 15 is 0 Å². The average Bonchev–Trinajstić information content (AvgIpc) is 3.02. The van der Waals surface area contributed by atoms with Gasteiger partial charge in [-0.05, 0) is 42.6 Å². The van der Waals surface area contributed by atoms with Crippen molar-refractivity contribution in [1.82, 2.24) is 0 Å². The van der Waals surface area contributed by atoms with Gasteiger partial charge in [-0.15, -0.1) is 0 Å². The van der Waals surface area contributed by atoms with E-state index in [2.05, 4.69) is 4.74 Å². The Bertz CT molecular complexity index is 552. The zero-order chi connectivity index (χ0) is 15.0. The standard InChI is InChI=1S/C14H13ClF2O4/c15-13(18)7-1-3-10(21-14(16)17)11(5-7)20-12-6-8-2-4-9(12)19-8/h1,3,5,8-9,12,14H,2,4,6H2. The quantitative estimate of drug-likeness (QED) is 0.781. The fraction of sp³-hybridized carbons (Fsp3) is 0.500. The lowest BCUT2D eigenvalue weighted by Crippen LogP contribution is -2.28.